The van der Waals surface area contributed by atoms with Gasteiger partial charge in [-0.3, -0.25) is 13.9 Å². The third-order valence-electron chi connectivity index (χ3n) is 6.51. The molecule has 0 radical (unpaired) electrons. The Morgan fingerprint density at radius 2 is 1.68 bits per heavy atom. The topological polar surface area (TPSA) is 96.0 Å². The van der Waals surface area contributed by atoms with Crippen LogP contribution in [0.3, 0.4) is 0 Å². The van der Waals surface area contributed by atoms with E-state index in [9.17, 15) is 22.4 Å². The lowest BCUT2D eigenvalue weighted by molar-refractivity contribution is -0.140. The highest BCUT2D eigenvalue weighted by molar-refractivity contribution is 9.10. The third-order valence-corrected chi connectivity index (χ3v) is 8.90. The monoisotopic (exact) mass is 647 g/mol. The number of sulfonamides is 1. The summed E-state index contributed by atoms with van der Waals surface area (Å²) in [6, 6.07) is 15.9. The molecule has 0 saturated heterocycles. The van der Waals surface area contributed by atoms with E-state index in [1.807, 2.05) is 13.8 Å². The van der Waals surface area contributed by atoms with E-state index in [1.54, 1.807) is 31.2 Å². The van der Waals surface area contributed by atoms with Gasteiger partial charge in [0.15, 0.2) is 0 Å². The molecule has 3 aromatic rings. The molecule has 0 aliphatic heterocycles. The molecule has 220 valence electrons. The van der Waals surface area contributed by atoms with E-state index in [2.05, 4.69) is 21.2 Å². The van der Waals surface area contributed by atoms with Crippen molar-refractivity contribution in [3.8, 4) is 5.75 Å². The minimum absolute atomic E-state index is 0.00691. The normalized spacial score (nSPS) is 12.0. The van der Waals surface area contributed by atoms with Crippen molar-refractivity contribution < 1.29 is 27.1 Å². The van der Waals surface area contributed by atoms with Gasteiger partial charge in [-0.25, -0.2) is 12.8 Å². The van der Waals surface area contributed by atoms with E-state index in [1.165, 1.54) is 54.5 Å². The number of anilines is 1. The van der Waals surface area contributed by atoms with Crippen LogP contribution in [0.4, 0.5) is 10.1 Å². The Bertz CT molecular complexity index is 1450. The summed E-state index contributed by atoms with van der Waals surface area (Å²) in [5, 5.41) is 2.84. The molecule has 0 bridgehead atoms. The standard InChI is InChI=1S/C30H35BrFN3O5S/c1-5-17-33-30(37)27(6-2)34(19-22-9-11-23(32)12-10-22)29(36)20-35(24-13-7-21(3)8-14-24)41(38,39)25-15-16-28(40-4)26(31)18-25/h7-16,18,27H,5-6,17,19-20H2,1-4H3,(H,33,37). The Balaban J connectivity index is 2.06. The van der Waals surface area contributed by atoms with Crippen LogP contribution in [0.2, 0.25) is 0 Å². The van der Waals surface area contributed by atoms with E-state index in [0.29, 0.717) is 40.9 Å². The van der Waals surface area contributed by atoms with Crippen LogP contribution in [0.15, 0.2) is 76.1 Å². The van der Waals surface area contributed by atoms with E-state index < -0.39 is 34.3 Å². The van der Waals surface area contributed by atoms with Crippen molar-refractivity contribution in [2.75, 3.05) is 24.5 Å². The second-order valence-electron chi connectivity index (χ2n) is 9.51. The molecule has 0 saturated carbocycles. The Kier molecular flexibility index (Phi) is 11.3. The molecule has 0 aliphatic carbocycles. The van der Waals surface area contributed by atoms with Gasteiger partial charge in [-0.1, -0.05) is 43.7 Å². The number of carbonyl (C=O) groups excluding carboxylic acids is 2. The van der Waals surface area contributed by atoms with Gasteiger partial charge in [-0.15, -0.1) is 0 Å². The van der Waals surface area contributed by atoms with Crippen LogP contribution in [0.1, 0.15) is 37.8 Å². The summed E-state index contributed by atoms with van der Waals surface area (Å²) >= 11 is 3.34. The van der Waals surface area contributed by atoms with Gasteiger partial charge in [0.1, 0.15) is 24.2 Å². The maximum absolute atomic E-state index is 14.0. The summed E-state index contributed by atoms with van der Waals surface area (Å²) in [6.07, 6.45) is 1.01. The molecule has 0 spiro atoms. The molecule has 0 aliphatic rings. The van der Waals surface area contributed by atoms with Gasteiger partial charge < -0.3 is 15.0 Å². The molecule has 8 nitrogen and oxygen atoms in total. The second-order valence-corrected chi connectivity index (χ2v) is 12.2. The highest BCUT2D eigenvalue weighted by Crippen LogP contribution is 2.31. The second kappa shape index (κ2) is 14.5. The number of ether oxygens (including phenoxy) is 1. The predicted molar refractivity (Wildman–Crippen MR) is 161 cm³/mol. The highest BCUT2D eigenvalue weighted by atomic mass is 79.9. The van der Waals surface area contributed by atoms with Crippen molar-refractivity contribution in [3.05, 3.63) is 88.1 Å². The number of hydrogen-bond donors (Lipinski definition) is 1. The van der Waals surface area contributed by atoms with E-state index in [-0.39, 0.29) is 17.3 Å². The largest absolute Gasteiger partial charge is 0.496 e. The van der Waals surface area contributed by atoms with Crippen LogP contribution in [0.25, 0.3) is 0 Å². The summed E-state index contributed by atoms with van der Waals surface area (Å²) < 4.78 is 48.3. The first kappa shape index (κ1) is 32.1. The van der Waals surface area contributed by atoms with Crippen LogP contribution in [-0.2, 0) is 26.2 Å². The van der Waals surface area contributed by atoms with Gasteiger partial charge in [-0.05, 0) is 83.7 Å². The van der Waals surface area contributed by atoms with Gasteiger partial charge in [0.05, 0.1) is 22.2 Å². The minimum atomic E-state index is -4.24. The Hall–Kier alpha value is -3.44. The molecule has 41 heavy (non-hydrogen) atoms. The molecule has 1 N–H and O–H groups in total. The molecule has 2 amide bonds. The van der Waals surface area contributed by atoms with Crippen molar-refractivity contribution in [2.24, 2.45) is 0 Å². The van der Waals surface area contributed by atoms with Crippen LogP contribution < -0.4 is 14.4 Å². The SMILES string of the molecule is CCCNC(=O)C(CC)N(Cc1ccc(F)cc1)C(=O)CN(c1ccc(C)cc1)S(=O)(=O)c1ccc(OC)c(Br)c1. The maximum Gasteiger partial charge on any atom is 0.264 e. The smallest absolute Gasteiger partial charge is 0.264 e. The molecule has 0 heterocycles. The highest BCUT2D eigenvalue weighted by Gasteiger charge is 2.34. The first-order valence-corrected chi connectivity index (χ1v) is 15.5. The number of halogens is 2. The molecule has 0 fully saturated rings. The number of benzene rings is 3. The van der Waals surface area contributed by atoms with E-state index >= 15 is 0 Å². The van der Waals surface area contributed by atoms with Crippen molar-refractivity contribution >= 4 is 43.5 Å². The first-order valence-electron chi connectivity index (χ1n) is 13.3. The Morgan fingerprint density at radius 3 is 2.24 bits per heavy atom. The fourth-order valence-electron chi connectivity index (χ4n) is 4.25. The maximum atomic E-state index is 14.0. The van der Waals surface area contributed by atoms with Crippen molar-refractivity contribution in [1.29, 1.82) is 0 Å². The average Bonchev–Trinajstić information content (AvgIpc) is 2.96. The summed E-state index contributed by atoms with van der Waals surface area (Å²) in [4.78, 5) is 28.5. The zero-order valence-electron chi connectivity index (χ0n) is 23.6. The van der Waals surface area contributed by atoms with Crippen LogP contribution in [0, 0.1) is 12.7 Å². The van der Waals surface area contributed by atoms with Crippen molar-refractivity contribution in [3.63, 3.8) is 0 Å². The summed E-state index contributed by atoms with van der Waals surface area (Å²) in [5.41, 5.74) is 1.81. The number of hydrogen-bond acceptors (Lipinski definition) is 5. The van der Waals surface area contributed by atoms with Gasteiger partial charge in [-0.2, -0.15) is 0 Å². The summed E-state index contributed by atoms with van der Waals surface area (Å²) in [5.74, 6) is -0.892. The van der Waals surface area contributed by atoms with Gasteiger partial charge in [0, 0.05) is 13.1 Å². The number of carbonyl (C=O) groups is 2. The molecule has 11 heteroatoms. The number of aryl methyl sites for hydroxylation is 1. The zero-order valence-corrected chi connectivity index (χ0v) is 26.0. The van der Waals surface area contributed by atoms with Gasteiger partial charge in [0.2, 0.25) is 11.8 Å². The number of nitrogens with one attached hydrogen (secondary N) is 1. The number of methoxy groups -OCH3 is 1. The Labute approximate surface area is 249 Å². The van der Waals surface area contributed by atoms with E-state index in [4.69, 9.17) is 4.74 Å². The number of rotatable bonds is 13. The first-order chi connectivity index (χ1) is 19.5. The average molecular weight is 649 g/mol. The van der Waals surface area contributed by atoms with Crippen LogP contribution >= 0.6 is 15.9 Å². The molecule has 3 aromatic carbocycles. The zero-order chi connectivity index (χ0) is 30.2. The fourth-order valence-corrected chi connectivity index (χ4v) is 6.38. The minimum Gasteiger partial charge on any atom is -0.496 e. The van der Waals surface area contributed by atoms with E-state index in [0.717, 1.165) is 9.87 Å². The molecule has 0 aromatic heterocycles. The van der Waals surface area contributed by atoms with Gasteiger partial charge in [0.25, 0.3) is 10.0 Å². The predicted octanol–water partition coefficient (Wildman–Crippen LogP) is 5.43. The fraction of sp³-hybridized carbons (Fsp3) is 0.333. The van der Waals surface area contributed by atoms with Crippen LogP contribution in [0.5, 0.6) is 5.75 Å². The lowest BCUT2D eigenvalue weighted by Gasteiger charge is -2.33. The molecule has 1 unspecified atom stereocenters. The lowest BCUT2D eigenvalue weighted by atomic mass is 10.1. The van der Waals surface area contributed by atoms with Crippen LogP contribution in [-0.4, -0.2) is 51.4 Å². The molecular weight excluding hydrogens is 613 g/mol. The molecular formula is C30H35BrFN3O5S. The lowest BCUT2D eigenvalue weighted by Crippen LogP contribution is -2.52. The number of amides is 2. The summed E-state index contributed by atoms with van der Waals surface area (Å²) in [7, 11) is -2.76. The van der Waals surface area contributed by atoms with Crippen molar-refractivity contribution in [1.82, 2.24) is 10.2 Å². The van der Waals surface area contributed by atoms with Gasteiger partial charge >= 0.3 is 0 Å². The molecule has 3 rings (SSSR count). The number of nitrogens with zero attached hydrogens (tertiary/aromatic N) is 2. The quantitative estimate of drug-likeness (QED) is 0.267. The molecule has 1 atom stereocenters. The van der Waals surface area contributed by atoms with Crippen molar-refractivity contribution in [2.45, 2.75) is 51.1 Å². The summed E-state index contributed by atoms with van der Waals surface area (Å²) in [6.45, 7) is 5.44. The third kappa shape index (κ3) is 8.07. The Morgan fingerprint density at radius 1 is 1.02 bits per heavy atom.